The van der Waals surface area contributed by atoms with Crippen LogP contribution >= 0.6 is 0 Å². The number of nitrogens with zero attached hydrogens (tertiary/aromatic N) is 1. The van der Waals surface area contributed by atoms with E-state index in [9.17, 15) is 23.6 Å². The Bertz CT molecular complexity index is 1670. The summed E-state index contributed by atoms with van der Waals surface area (Å²) in [4.78, 5) is 63.0. The molecule has 1 N–H and O–H groups in total. The maximum absolute atomic E-state index is 14.9. The predicted molar refractivity (Wildman–Crippen MR) is 176 cm³/mol. The van der Waals surface area contributed by atoms with Crippen molar-refractivity contribution in [3.05, 3.63) is 76.6 Å². The molecule has 274 valence electrons. The third-order valence-corrected chi connectivity index (χ3v) is 7.70. The first-order valence-corrected chi connectivity index (χ1v) is 15.6. The van der Waals surface area contributed by atoms with Crippen LogP contribution in [0.15, 0.2) is 48.5 Å². The molecular formula is C35H39FN2O13. The lowest BCUT2D eigenvalue weighted by molar-refractivity contribution is -0.192. The second kappa shape index (κ2) is 18.4. The maximum Gasteiger partial charge on any atom is 0.453 e. The third-order valence-electron chi connectivity index (χ3n) is 7.70. The fourth-order valence-corrected chi connectivity index (χ4v) is 5.17. The van der Waals surface area contributed by atoms with E-state index >= 15 is 0 Å². The topological polar surface area (TPSA) is 167 Å². The molecule has 1 atom stereocenters. The molecule has 0 aromatic heterocycles. The van der Waals surface area contributed by atoms with E-state index < -0.39 is 35.6 Å². The normalized spacial score (nSPS) is 14.1. The van der Waals surface area contributed by atoms with Gasteiger partial charge in [0.2, 0.25) is 5.75 Å². The summed E-state index contributed by atoms with van der Waals surface area (Å²) < 4.78 is 51.5. The number of nitrogens with one attached hydrogen (secondary N) is 1. The van der Waals surface area contributed by atoms with Crippen LogP contribution in [0, 0.1) is 5.82 Å². The highest BCUT2D eigenvalue weighted by molar-refractivity contribution is 6.11. The van der Waals surface area contributed by atoms with Crippen LogP contribution in [0.4, 0.5) is 9.18 Å². The van der Waals surface area contributed by atoms with Gasteiger partial charge < -0.3 is 43.4 Å². The highest BCUT2D eigenvalue weighted by atomic mass is 19.1. The number of carbonyl (C=O) groups excluding carboxylic acids is 4. The van der Waals surface area contributed by atoms with Crippen LogP contribution < -0.4 is 29.0 Å². The van der Waals surface area contributed by atoms with Gasteiger partial charge in [0.05, 0.1) is 26.9 Å². The number of carbonyl (C=O) groups is 4. The molecule has 0 radical (unpaired) electrons. The quantitative estimate of drug-likeness (QED) is 0.107. The Morgan fingerprint density at radius 1 is 0.765 bits per heavy atom. The standard InChI is InChI=1S/C35H39FN2O13/c1-43-19-48-27-17-25(45-3)16-26(36)30(27)31(39)21-9-11-22(12-10-21)34(41)50-51-35(42)38-13-7-6-8-24(18-38)37-33(40)23-14-28(46-4)32(49-20-44-2)29(15-23)47-5/h9-12,14-17,24H,6-8,13,18-20H2,1-5H3,(H,37,40). The van der Waals surface area contributed by atoms with Crippen molar-refractivity contribution in [3.63, 3.8) is 0 Å². The second-order valence-electron chi connectivity index (χ2n) is 11.0. The minimum atomic E-state index is -1.01. The molecule has 3 aromatic rings. The molecule has 2 amide bonds. The van der Waals surface area contributed by atoms with Crippen LogP contribution in [0.1, 0.15) is 55.9 Å². The van der Waals surface area contributed by atoms with Gasteiger partial charge in [-0.3, -0.25) is 9.59 Å². The molecule has 0 bridgehead atoms. The molecule has 0 aliphatic carbocycles. The number of likely N-dealkylation sites (tertiary alicyclic amines) is 1. The van der Waals surface area contributed by atoms with E-state index in [1.807, 2.05) is 0 Å². The van der Waals surface area contributed by atoms with E-state index in [4.69, 9.17) is 42.9 Å². The molecule has 1 aliphatic rings. The van der Waals surface area contributed by atoms with E-state index in [-0.39, 0.29) is 71.1 Å². The Hall–Kier alpha value is -5.61. The molecule has 51 heavy (non-hydrogen) atoms. The van der Waals surface area contributed by atoms with Crippen molar-refractivity contribution in [1.29, 1.82) is 0 Å². The smallest absolute Gasteiger partial charge is 0.453 e. The van der Waals surface area contributed by atoms with Crippen molar-refractivity contribution in [3.8, 4) is 28.7 Å². The predicted octanol–water partition coefficient (Wildman–Crippen LogP) is 4.54. The molecule has 4 rings (SSSR count). The van der Waals surface area contributed by atoms with E-state index in [2.05, 4.69) is 5.32 Å². The summed E-state index contributed by atoms with van der Waals surface area (Å²) in [6.45, 7) is 0.0788. The van der Waals surface area contributed by atoms with Gasteiger partial charge in [-0.05, 0) is 43.5 Å². The average Bonchev–Trinajstić information content (AvgIpc) is 3.39. The lowest BCUT2D eigenvalue weighted by Crippen LogP contribution is -2.45. The summed E-state index contributed by atoms with van der Waals surface area (Å²) in [6.07, 6.45) is 0.962. The van der Waals surface area contributed by atoms with E-state index in [1.165, 1.54) is 82.9 Å². The number of halogens is 1. The lowest BCUT2D eigenvalue weighted by atomic mass is 10.0. The molecule has 15 nitrogen and oxygen atoms in total. The molecule has 1 fully saturated rings. The SMILES string of the molecule is COCOc1cc(OC)cc(F)c1C(=O)c1ccc(C(=O)OOC(=O)N2CCCCC(NC(=O)c3cc(OC)c(OCOC)c(OC)c3)C2)cc1. The Balaban J connectivity index is 1.36. The highest BCUT2D eigenvalue weighted by Gasteiger charge is 2.28. The fourth-order valence-electron chi connectivity index (χ4n) is 5.17. The summed E-state index contributed by atoms with van der Waals surface area (Å²) in [6, 6.07) is 10.0. The van der Waals surface area contributed by atoms with Gasteiger partial charge in [0, 0.05) is 56.6 Å². The van der Waals surface area contributed by atoms with Crippen LogP contribution in [0.2, 0.25) is 0 Å². The average molecular weight is 715 g/mol. The Morgan fingerprint density at radius 2 is 1.41 bits per heavy atom. The number of hydrogen-bond donors (Lipinski definition) is 1. The largest absolute Gasteiger partial charge is 0.497 e. The number of amides is 2. The van der Waals surface area contributed by atoms with Gasteiger partial charge in [-0.15, -0.1) is 0 Å². The van der Waals surface area contributed by atoms with Crippen LogP contribution in [-0.4, -0.2) is 96.9 Å². The zero-order chi connectivity index (χ0) is 36.9. The highest BCUT2D eigenvalue weighted by Crippen LogP contribution is 2.38. The van der Waals surface area contributed by atoms with Crippen LogP contribution in [0.25, 0.3) is 0 Å². The van der Waals surface area contributed by atoms with Gasteiger partial charge in [-0.1, -0.05) is 12.1 Å². The van der Waals surface area contributed by atoms with Gasteiger partial charge in [0.1, 0.15) is 22.9 Å². The van der Waals surface area contributed by atoms with Gasteiger partial charge in [0.15, 0.2) is 30.9 Å². The van der Waals surface area contributed by atoms with Crippen molar-refractivity contribution in [1.82, 2.24) is 10.2 Å². The van der Waals surface area contributed by atoms with Crippen LogP contribution in [0.5, 0.6) is 28.7 Å². The van der Waals surface area contributed by atoms with Crippen LogP contribution in [-0.2, 0) is 19.2 Å². The molecule has 1 saturated heterocycles. The lowest BCUT2D eigenvalue weighted by Gasteiger charge is -2.24. The molecule has 1 aliphatic heterocycles. The molecular weight excluding hydrogens is 675 g/mol. The van der Waals surface area contributed by atoms with Crippen molar-refractivity contribution in [2.75, 3.05) is 62.2 Å². The molecule has 3 aromatic carbocycles. The summed E-state index contributed by atoms with van der Waals surface area (Å²) in [7, 11) is 7.03. The monoisotopic (exact) mass is 714 g/mol. The van der Waals surface area contributed by atoms with Crippen molar-refractivity contribution in [2.24, 2.45) is 0 Å². The molecule has 1 heterocycles. The number of rotatable bonds is 14. The number of methoxy groups -OCH3 is 5. The minimum Gasteiger partial charge on any atom is -0.497 e. The third kappa shape index (κ3) is 9.76. The second-order valence-corrected chi connectivity index (χ2v) is 11.0. The summed E-state index contributed by atoms with van der Waals surface area (Å²) in [5.74, 6) is -2.20. The van der Waals surface area contributed by atoms with E-state index in [0.29, 0.717) is 25.8 Å². The summed E-state index contributed by atoms with van der Waals surface area (Å²) in [5.41, 5.74) is -0.118. The van der Waals surface area contributed by atoms with Crippen LogP contribution in [0.3, 0.4) is 0 Å². The number of ether oxygens (including phenoxy) is 7. The van der Waals surface area contributed by atoms with Gasteiger partial charge >= 0.3 is 12.1 Å². The van der Waals surface area contributed by atoms with E-state index in [0.717, 1.165) is 6.07 Å². The first-order valence-electron chi connectivity index (χ1n) is 15.6. The number of benzene rings is 3. The van der Waals surface area contributed by atoms with Gasteiger partial charge in [-0.2, -0.15) is 0 Å². The fraction of sp³-hybridized carbons (Fsp3) is 0.371. The van der Waals surface area contributed by atoms with Gasteiger partial charge in [-0.25, -0.2) is 23.8 Å². The number of hydrogen-bond acceptors (Lipinski definition) is 13. The Labute approximate surface area is 293 Å². The van der Waals surface area contributed by atoms with Crippen molar-refractivity contribution >= 4 is 23.8 Å². The molecule has 1 unspecified atom stereocenters. The minimum absolute atomic E-state index is 0.0415. The summed E-state index contributed by atoms with van der Waals surface area (Å²) >= 11 is 0. The zero-order valence-electron chi connectivity index (χ0n) is 28.8. The first-order chi connectivity index (χ1) is 24.6. The Kier molecular flexibility index (Phi) is 13.8. The van der Waals surface area contributed by atoms with Crippen molar-refractivity contribution < 1.29 is 66.5 Å². The first kappa shape index (κ1) is 38.2. The van der Waals surface area contributed by atoms with Gasteiger partial charge in [0.25, 0.3) is 5.91 Å². The number of ketones is 1. The molecule has 0 saturated carbocycles. The maximum atomic E-state index is 14.9. The molecule has 0 spiro atoms. The Morgan fingerprint density at radius 3 is 2.04 bits per heavy atom. The molecule has 16 heteroatoms. The summed E-state index contributed by atoms with van der Waals surface area (Å²) in [5, 5.41) is 2.92. The van der Waals surface area contributed by atoms with Crippen molar-refractivity contribution in [2.45, 2.75) is 25.3 Å². The zero-order valence-corrected chi connectivity index (χ0v) is 28.8. The van der Waals surface area contributed by atoms with E-state index in [1.54, 1.807) is 0 Å².